The highest BCUT2D eigenvalue weighted by atomic mass is 19.4. The average Bonchev–Trinajstić information content (AvgIpc) is 3.36. The van der Waals surface area contributed by atoms with E-state index in [0.717, 1.165) is 11.6 Å². The number of hydrogen-bond acceptors (Lipinski definition) is 4. The average molecular weight is 566 g/mol. The van der Waals surface area contributed by atoms with Gasteiger partial charge in [0.25, 0.3) is 0 Å². The number of urea groups is 1. The van der Waals surface area contributed by atoms with Gasteiger partial charge in [-0.15, -0.1) is 0 Å². The largest absolute Gasteiger partial charge is 0.497 e. The molecule has 4 rings (SSSR count). The second-order valence-electron chi connectivity index (χ2n) is 9.69. The van der Waals surface area contributed by atoms with E-state index >= 15 is 0 Å². The van der Waals surface area contributed by atoms with Crippen LogP contribution < -0.4 is 15.4 Å². The summed E-state index contributed by atoms with van der Waals surface area (Å²) >= 11 is 0. The minimum atomic E-state index is -4.65. The molecule has 1 aromatic heterocycles. The number of halogens is 3. The van der Waals surface area contributed by atoms with Gasteiger partial charge in [-0.2, -0.15) is 18.3 Å². The second kappa shape index (κ2) is 12.6. The van der Waals surface area contributed by atoms with Crippen molar-refractivity contribution in [2.75, 3.05) is 30.8 Å². The first-order valence-electron chi connectivity index (χ1n) is 12.9. The molecule has 214 valence electrons. The van der Waals surface area contributed by atoms with Gasteiger partial charge in [0.1, 0.15) is 18.1 Å². The van der Waals surface area contributed by atoms with Gasteiger partial charge in [-0.25, -0.2) is 9.48 Å². The number of methoxy groups -OCH3 is 1. The lowest BCUT2D eigenvalue weighted by Gasteiger charge is -2.25. The fourth-order valence-electron chi connectivity index (χ4n) is 4.19. The zero-order valence-corrected chi connectivity index (χ0v) is 22.8. The summed E-state index contributed by atoms with van der Waals surface area (Å²) in [7, 11) is 1.56. The van der Waals surface area contributed by atoms with Gasteiger partial charge in [-0.1, -0.05) is 56.3 Å². The molecule has 0 unspecified atom stereocenters. The molecule has 0 saturated heterocycles. The van der Waals surface area contributed by atoms with Gasteiger partial charge in [0.15, 0.2) is 0 Å². The summed E-state index contributed by atoms with van der Waals surface area (Å²) in [6, 6.07) is 22.1. The van der Waals surface area contributed by atoms with Crippen molar-refractivity contribution in [1.82, 2.24) is 14.7 Å². The molecule has 41 heavy (non-hydrogen) atoms. The van der Waals surface area contributed by atoms with Crippen LogP contribution in [0.2, 0.25) is 0 Å². The van der Waals surface area contributed by atoms with E-state index in [0.29, 0.717) is 22.9 Å². The molecule has 0 fully saturated rings. The topological polar surface area (TPSA) is 88.5 Å². The predicted molar refractivity (Wildman–Crippen MR) is 151 cm³/mol. The van der Waals surface area contributed by atoms with Crippen molar-refractivity contribution >= 4 is 23.4 Å². The van der Waals surface area contributed by atoms with Crippen molar-refractivity contribution in [2.45, 2.75) is 20.0 Å². The van der Waals surface area contributed by atoms with Crippen molar-refractivity contribution in [3.8, 4) is 22.7 Å². The number of nitrogens with zero attached hydrogens (tertiary/aromatic N) is 3. The van der Waals surface area contributed by atoms with Gasteiger partial charge >= 0.3 is 12.2 Å². The van der Waals surface area contributed by atoms with Crippen LogP contribution in [0.4, 0.5) is 29.5 Å². The lowest BCUT2D eigenvalue weighted by molar-refractivity contribution is -0.137. The molecule has 0 aliphatic rings. The highest BCUT2D eigenvalue weighted by Crippen LogP contribution is 2.34. The van der Waals surface area contributed by atoms with Gasteiger partial charge in [-0.3, -0.25) is 4.79 Å². The van der Waals surface area contributed by atoms with Crippen LogP contribution in [0.15, 0.2) is 84.9 Å². The molecule has 0 atom stereocenters. The molecule has 3 aromatic carbocycles. The first-order chi connectivity index (χ1) is 19.5. The summed E-state index contributed by atoms with van der Waals surface area (Å²) in [5.41, 5.74) is 0.740. The molecular weight excluding hydrogens is 535 g/mol. The molecule has 0 spiro atoms. The summed E-state index contributed by atoms with van der Waals surface area (Å²) < 4.78 is 47.2. The lowest BCUT2D eigenvalue weighted by atomic mass is 10.1. The van der Waals surface area contributed by atoms with E-state index in [1.807, 2.05) is 44.2 Å². The Bertz CT molecular complexity index is 1490. The number of rotatable bonds is 9. The normalized spacial score (nSPS) is 11.3. The second-order valence-corrected chi connectivity index (χ2v) is 9.69. The summed E-state index contributed by atoms with van der Waals surface area (Å²) in [6.07, 6.45) is -4.65. The quantitative estimate of drug-likeness (QED) is 0.237. The van der Waals surface area contributed by atoms with Crippen LogP contribution in [0.25, 0.3) is 16.9 Å². The minimum Gasteiger partial charge on any atom is -0.497 e. The van der Waals surface area contributed by atoms with Gasteiger partial charge in [-0.05, 0) is 42.3 Å². The van der Waals surface area contributed by atoms with E-state index in [2.05, 4.69) is 15.7 Å². The molecular formula is C30H30F3N5O3. The van der Waals surface area contributed by atoms with Crippen molar-refractivity contribution in [3.63, 3.8) is 0 Å². The number of para-hydroxylation sites is 1. The molecule has 0 aliphatic carbocycles. The highest BCUT2D eigenvalue weighted by Gasteiger charge is 2.34. The van der Waals surface area contributed by atoms with E-state index in [9.17, 15) is 22.8 Å². The molecule has 0 radical (unpaired) electrons. The number of amides is 3. The number of ether oxygens (including phenoxy) is 1. The van der Waals surface area contributed by atoms with Crippen LogP contribution in [0.3, 0.4) is 0 Å². The van der Waals surface area contributed by atoms with Crippen molar-refractivity contribution in [1.29, 1.82) is 0 Å². The van der Waals surface area contributed by atoms with E-state index in [1.165, 1.54) is 23.1 Å². The third kappa shape index (κ3) is 7.44. The van der Waals surface area contributed by atoms with Crippen LogP contribution in [-0.4, -0.2) is 46.8 Å². The molecule has 2 N–H and O–H groups in total. The Morgan fingerprint density at radius 1 is 0.951 bits per heavy atom. The van der Waals surface area contributed by atoms with Gasteiger partial charge in [0.05, 0.1) is 29.7 Å². The standard InChI is InChI=1S/C30H30F3N5O3/c1-20(2)18-37(29(40)34-25-12-8-7-11-24(25)30(31,32)33)19-28(39)35-27-17-26(21-9-5-4-6-10-21)36-38(27)22-13-15-23(41-3)16-14-22/h4-17,20H,18-19H2,1-3H3,(H,34,40)(H,35,39). The number of nitrogens with one attached hydrogen (secondary N) is 2. The van der Waals surface area contributed by atoms with Crippen molar-refractivity contribution in [3.05, 3.63) is 90.5 Å². The van der Waals surface area contributed by atoms with E-state index < -0.39 is 30.2 Å². The number of aromatic nitrogens is 2. The Morgan fingerprint density at radius 2 is 1.61 bits per heavy atom. The molecule has 0 bridgehead atoms. The molecule has 8 nitrogen and oxygen atoms in total. The first kappa shape index (κ1) is 29.2. The Kier molecular flexibility index (Phi) is 8.96. The van der Waals surface area contributed by atoms with Crippen LogP contribution in [0, 0.1) is 5.92 Å². The maximum absolute atomic E-state index is 13.5. The molecule has 1 heterocycles. The SMILES string of the molecule is COc1ccc(-n2nc(-c3ccccc3)cc2NC(=O)CN(CC(C)C)C(=O)Nc2ccccc2C(F)(F)F)cc1. The van der Waals surface area contributed by atoms with Crippen LogP contribution >= 0.6 is 0 Å². The number of carbonyl (C=O) groups is 2. The Hall–Kier alpha value is -4.80. The summed E-state index contributed by atoms with van der Waals surface area (Å²) in [5.74, 6) is 0.406. The van der Waals surface area contributed by atoms with Crippen LogP contribution in [0.1, 0.15) is 19.4 Å². The number of carbonyl (C=O) groups excluding carboxylic acids is 2. The number of benzene rings is 3. The zero-order chi connectivity index (χ0) is 29.6. The fourth-order valence-corrected chi connectivity index (χ4v) is 4.19. The Morgan fingerprint density at radius 3 is 2.24 bits per heavy atom. The van der Waals surface area contributed by atoms with Gasteiger partial charge in [0.2, 0.25) is 5.91 Å². The molecule has 3 amide bonds. The van der Waals surface area contributed by atoms with E-state index in [1.54, 1.807) is 42.1 Å². The Labute approximate surface area is 235 Å². The maximum atomic E-state index is 13.5. The summed E-state index contributed by atoms with van der Waals surface area (Å²) in [5, 5.41) is 9.81. The number of alkyl halides is 3. The molecule has 4 aromatic rings. The summed E-state index contributed by atoms with van der Waals surface area (Å²) in [6.45, 7) is 3.42. The summed E-state index contributed by atoms with van der Waals surface area (Å²) in [4.78, 5) is 27.5. The molecule has 0 saturated carbocycles. The fraction of sp³-hybridized carbons (Fsp3) is 0.233. The van der Waals surface area contributed by atoms with Gasteiger partial charge < -0.3 is 20.3 Å². The van der Waals surface area contributed by atoms with Gasteiger partial charge in [0, 0.05) is 18.2 Å². The van der Waals surface area contributed by atoms with E-state index in [4.69, 9.17) is 4.74 Å². The highest BCUT2D eigenvalue weighted by molar-refractivity contribution is 5.97. The monoisotopic (exact) mass is 565 g/mol. The predicted octanol–water partition coefficient (Wildman–Crippen LogP) is 6.70. The van der Waals surface area contributed by atoms with Crippen molar-refractivity contribution in [2.24, 2.45) is 5.92 Å². The lowest BCUT2D eigenvalue weighted by Crippen LogP contribution is -2.43. The van der Waals surface area contributed by atoms with E-state index in [-0.39, 0.29) is 18.2 Å². The molecule has 11 heteroatoms. The smallest absolute Gasteiger partial charge is 0.418 e. The minimum absolute atomic E-state index is 0.0547. The third-order valence-corrected chi connectivity index (χ3v) is 6.04. The number of anilines is 2. The molecule has 0 aliphatic heterocycles. The van der Waals surface area contributed by atoms with Crippen LogP contribution in [-0.2, 0) is 11.0 Å². The third-order valence-electron chi connectivity index (χ3n) is 6.04. The first-order valence-corrected chi connectivity index (χ1v) is 12.9. The Balaban J connectivity index is 1.58. The number of hydrogen-bond donors (Lipinski definition) is 2. The maximum Gasteiger partial charge on any atom is 0.418 e. The van der Waals surface area contributed by atoms with Crippen molar-refractivity contribution < 1.29 is 27.5 Å². The van der Waals surface area contributed by atoms with Crippen LogP contribution in [0.5, 0.6) is 5.75 Å². The zero-order valence-electron chi connectivity index (χ0n) is 22.8.